The second kappa shape index (κ2) is 10.4. The molecular weight excluding hydrogens is 384 g/mol. The minimum atomic E-state index is -0.887. The van der Waals surface area contributed by atoms with Crippen LogP contribution in [0.4, 0.5) is 0 Å². The third kappa shape index (κ3) is 5.07. The van der Waals surface area contributed by atoms with Gasteiger partial charge in [-0.25, -0.2) is 4.79 Å². The quantitative estimate of drug-likeness (QED) is 0.481. The number of carbonyl (C=O) groups excluding carboxylic acids is 4. The van der Waals surface area contributed by atoms with Crippen LogP contribution < -0.4 is 0 Å². The molecular formula is C23H30N2O5. The molecule has 0 aliphatic carbocycles. The lowest BCUT2D eigenvalue weighted by Crippen LogP contribution is -2.52. The van der Waals surface area contributed by atoms with Crippen LogP contribution in [-0.4, -0.2) is 65.1 Å². The number of likely N-dealkylation sites (tertiary alicyclic amines) is 2. The van der Waals surface area contributed by atoms with E-state index in [1.807, 2.05) is 30.3 Å². The first-order valence-corrected chi connectivity index (χ1v) is 10.9. The molecule has 2 saturated heterocycles. The Labute approximate surface area is 177 Å². The number of Topliss-reactive ketones (excluding diaryl/α,β-unsaturated/α-hetero) is 1. The summed E-state index contributed by atoms with van der Waals surface area (Å²) in [6, 6.07) is 8.71. The van der Waals surface area contributed by atoms with Crippen molar-refractivity contribution in [2.24, 2.45) is 0 Å². The van der Waals surface area contributed by atoms with Crippen LogP contribution in [0.1, 0.15) is 51.0 Å². The standard InChI is InChI=1S/C23H30N2O5/c1-2-30-23(29)21(27)18-12-7-16-25(18)22(28)19-13-8-15-24(19)20(26)14-6-11-17-9-4-3-5-10-17/h3-5,9-10,18-19H,2,6-8,11-16H2,1H3/t18-,19-/m0/s1. The summed E-state index contributed by atoms with van der Waals surface area (Å²) < 4.78 is 4.82. The Kier molecular flexibility index (Phi) is 7.60. The Morgan fingerprint density at radius 1 is 0.967 bits per heavy atom. The van der Waals surface area contributed by atoms with Gasteiger partial charge in [0.05, 0.1) is 6.61 Å². The van der Waals surface area contributed by atoms with E-state index >= 15 is 0 Å². The number of amides is 2. The van der Waals surface area contributed by atoms with E-state index in [4.69, 9.17) is 4.74 Å². The Balaban J connectivity index is 1.58. The first-order chi connectivity index (χ1) is 14.5. The molecule has 0 saturated carbocycles. The molecule has 1 aromatic rings. The molecule has 0 bridgehead atoms. The van der Waals surface area contributed by atoms with Crippen molar-refractivity contribution in [2.75, 3.05) is 19.7 Å². The molecule has 0 N–H and O–H groups in total. The molecule has 0 spiro atoms. The number of rotatable bonds is 8. The lowest BCUT2D eigenvalue weighted by Gasteiger charge is -2.30. The van der Waals surface area contributed by atoms with E-state index in [2.05, 4.69) is 0 Å². The molecule has 7 heteroatoms. The van der Waals surface area contributed by atoms with Crippen molar-refractivity contribution in [3.63, 3.8) is 0 Å². The highest BCUT2D eigenvalue weighted by Crippen LogP contribution is 2.26. The molecule has 162 valence electrons. The predicted molar refractivity (Wildman–Crippen MR) is 110 cm³/mol. The summed E-state index contributed by atoms with van der Waals surface area (Å²) in [6.07, 6.45) is 4.44. The van der Waals surface area contributed by atoms with Crippen molar-refractivity contribution in [1.82, 2.24) is 9.80 Å². The Morgan fingerprint density at radius 3 is 2.33 bits per heavy atom. The van der Waals surface area contributed by atoms with Gasteiger partial charge in [-0.05, 0) is 51.0 Å². The summed E-state index contributed by atoms with van der Waals surface area (Å²) >= 11 is 0. The molecule has 2 amide bonds. The minimum Gasteiger partial charge on any atom is -0.460 e. The van der Waals surface area contributed by atoms with Crippen molar-refractivity contribution in [1.29, 1.82) is 0 Å². The zero-order valence-electron chi connectivity index (χ0n) is 17.5. The first-order valence-electron chi connectivity index (χ1n) is 10.9. The van der Waals surface area contributed by atoms with Crippen LogP contribution in [0.15, 0.2) is 30.3 Å². The third-order valence-corrected chi connectivity index (χ3v) is 5.87. The molecule has 2 heterocycles. The van der Waals surface area contributed by atoms with Crippen LogP contribution in [0.2, 0.25) is 0 Å². The second-order valence-corrected chi connectivity index (χ2v) is 7.86. The fourth-order valence-electron chi connectivity index (χ4n) is 4.39. The van der Waals surface area contributed by atoms with E-state index in [0.717, 1.165) is 19.3 Å². The van der Waals surface area contributed by atoms with E-state index < -0.39 is 23.8 Å². The Hall–Kier alpha value is -2.70. The molecule has 7 nitrogen and oxygen atoms in total. The van der Waals surface area contributed by atoms with Gasteiger partial charge in [0.2, 0.25) is 11.8 Å². The van der Waals surface area contributed by atoms with Gasteiger partial charge in [0, 0.05) is 19.5 Å². The zero-order chi connectivity index (χ0) is 21.5. The van der Waals surface area contributed by atoms with Crippen LogP contribution in [0.25, 0.3) is 0 Å². The normalized spacial score (nSPS) is 21.0. The Morgan fingerprint density at radius 2 is 1.63 bits per heavy atom. The summed E-state index contributed by atoms with van der Waals surface area (Å²) in [5, 5.41) is 0. The number of ketones is 1. The smallest absolute Gasteiger partial charge is 0.376 e. The number of hydrogen-bond acceptors (Lipinski definition) is 5. The lowest BCUT2D eigenvalue weighted by atomic mass is 10.1. The molecule has 2 fully saturated rings. The van der Waals surface area contributed by atoms with Crippen molar-refractivity contribution >= 4 is 23.6 Å². The van der Waals surface area contributed by atoms with Crippen molar-refractivity contribution in [3.05, 3.63) is 35.9 Å². The monoisotopic (exact) mass is 414 g/mol. The van der Waals surface area contributed by atoms with Gasteiger partial charge < -0.3 is 14.5 Å². The van der Waals surface area contributed by atoms with E-state index in [9.17, 15) is 19.2 Å². The van der Waals surface area contributed by atoms with Gasteiger partial charge in [-0.2, -0.15) is 0 Å². The molecule has 2 aliphatic heterocycles. The molecule has 0 unspecified atom stereocenters. The highest BCUT2D eigenvalue weighted by atomic mass is 16.5. The maximum Gasteiger partial charge on any atom is 0.376 e. The van der Waals surface area contributed by atoms with Gasteiger partial charge in [-0.15, -0.1) is 0 Å². The number of ether oxygens (including phenoxy) is 1. The molecule has 1 aromatic carbocycles. The van der Waals surface area contributed by atoms with E-state index in [1.165, 1.54) is 10.5 Å². The van der Waals surface area contributed by atoms with Crippen LogP contribution in [0.5, 0.6) is 0 Å². The summed E-state index contributed by atoms with van der Waals surface area (Å²) in [6.45, 7) is 2.76. The van der Waals surface area contributed by atoms with E-state index in [-0.39, 0.29) is 18.4 Å². The molecule has 2 aliphatic rings. The highest BCUT2D eigenvalue weighted by molar-refractivity contribution is 6.36. The zero-order valence-corrected chi connectivity index (χ0v) is 17.5. The van der Waals surface area contributed by atoms with Crippen LogP contribution in [0, 0.1) is 0 Å². The van der Waals surface area contributed by atoms with Gasteiger partial charge in [-0.3, -0.25) is 14.4 Å². The molecule has 0 radical (unpaired) electrons. The second-order valence-electron chi connectivity index (χ2n) is 7.86. The SMILES string of the molecule is CCOC(=O)C(=O)[C@@H]1CCCN1C(=O)[C@@H]1CCCN1C(=O)CCCc1ccccc1. The summed E-state index contributed by atoms with van der Waals surface area (Å²) in [4.78, 5) is 53.4. The molecule has 3 rings (SSSR count). The summed E-state index contributed by atoms with van der Waals surface area (Å²) in [5.74, 6) is -1.79. The van der Waals surface area contributed by atoms with Gasteiger partial charge in [0.1, 0.15) is 12.1 Å². The number of esters is 1. The number of benzene rings is 1. The number of nitrogens with zero attached hydrogens (tertiary/aromatic N) is 2. The van der Waals surface area contributed by atoms with Gasteiger partial charge >= 0.3 is 5.97 Å². The third-order valence-electron chi connectivity index (χ3n) is 5.87. The average Bonchev–Trinajstić information content (AvgIpc) is 3.43. The maximum atomic E-state index is 13.2. The van der Waals surface area contributed by atoms with Crippen LogP contribution in [-0.2, 0) is 30.3 Å². The molecule has 0 aromatic heterocycles. The van der Waals surface area contributed by atoms with Gasteiger partial charge in [0.15, 0.2) is 0 Å². The largest absolute Gasteiger partial charge is 0.460 e. The van der Waals surface area contributed by atoms with Gasteiger partial charge in [0.25, 0.3) is 5.78 Å². The van der Waals surface area contributed by atoms with Crippen molar-refractivity contribution in [2.45, 2.75) is 64.0 Å². The molecule has 2 atom stereocenters. The topological polar surface area (TPSA) is 84.0 Å². The lowest BCUT2D eigenvalue weighted by molar-refractivity contribution is -0.157. The Bertz CT molecular complexity index is 779. The number of aryl methyl sites for hydroxylation is 1. The molecule has 30 heavy (non-hydrogen) atoms. The van der Waals surface area contributed by atoms with E-state index in [0.29, 0.717) is 38.8 Å². The van der Waals surface area contributed by atoms with E-state index in [1.54, 1.807) is 11.8 Å². The fraction of sp³-hybridized carbons (Fsp3) is 0.565. The highest BCUT2D eigenvalue weighted by Gasteiger charge is 2.43. The van der Waals surface area contributed by atoms with Crippen molar-refractivity contribution < 1.29 is 23.9 Å². The summed E-state index contributed by atoms with van der Waals surface area (Å²) in [7, 11) is 0. The van der Waals surface area contributed by atoms with Crippen molar-refractivity contribution in [3.8, 4) is 0 Å². The fourth-order valence-corrected chi connectivity index (χ4v) is 4.39. The first kappa shape index (κ1) is 22.0. The average molecular weight is 415 g/mol. The van der Waals surface area contributed by atoms with Gasteiger partial charge in [-0.1, -0.05) is 30.3 Å². The number of hydrogen-bond donors (Lipinski definition) is 0. The predicted octanol–water partition coefficient (Wildman–Crippen LogP) is 2.12. The van der Waals surface area contributed by atoms with Crippen LogP contribution >= 0.6 is 0 Å². The minimum absolute atomic E-state index is 0.0192. The maximum absolute atomic E-state index is 13.2. The van der Waals surface area contributed by atoms with Crippen LogP contribution in [0.3, 0.4) is 0 Å². The summed E-state index contributed by atoms with van der Waals surface area (Å²) in [5.41, 5.74) is 1.19. The number of carbonyl (C=O) groups is 4.